The van der Waals surface area contributed by atoms with Crippen LogP contribution in [0, 0.1) is 6.92 Å². The summed E-state index contributed by atoms with van der Waals surface area (Å²) < 4.78 is 21.9. The normalized spacial score (nSPS) is 9.27. The molecule has 22 heavy (non-hydrogen) atoms. The maximum atomic E-state index is 10.9. The molecule has 5 heteroatoms. The van der Waals surface area contributed by atoms with Crippen LogP contribution in [-0.4, -0.2) is 39.5 Å². The Bertz CT molecular complexity index is 410. The van der Waals surface area contributed by atoms with Crippen molar-refractivity contribution in [1.82, 2.24) is 5.32 Å². The van der Waals surface area contributed by atoms with Crippen molar-refractivity contribution in [3.63, 3.8) is 0 Å². The summed E-state index contributed by atoms with van der Waals surface area (Å²) in [5.41, 5.74) is 1.07. The molecule has 0 fully saturated rings. The van der Waals surface area contributed by atoms with Gasteiger partial charge in [-0.2, -0.15) is 0 Å². The molecule has 0 heterocycles. The highest BCUT2D eigenvalue weighted by Gasteiger charge is 2.04. The summed E-state index contributed by atoms with van der Waals surface area (Å²) in [5, 5.41) is 11.3. The predicted octanol–water partition coefficient (Wildman–Crippen LogP) is 3.43. The van der Waals surface area contributed by atoms with Crippen molar-refractivity contribution >= 4 is 9.84 Å². The lowest BCUT2D eigenvalue weighted by atomic mass is 10.2. The lowest BCUT2D eigenvalue weighted by Gasteiger charge is -1.96. The molecular weight excluding hydrogens is 298 g/mol. The van der Waals surface area contributed by atoms with Gasteiger partial charge in [0.1, 0.15) is 0 Å². The van der Waals surface area contributed by atoms with E-state index >= 15 is 0 Å². The zero-order valence-electron chi connectivity index (χ0n) is 15.3. The first kappa shape index (κ1) is 26.0. The van der Waals surface area contributed by atoms with Crippen LogP contribution in [0.5, 0.6) is 0 Å². The zero-order chi connectivity index (χ0) is 18.0. The van der Waals surface area contributed by atoms with Gasteiger partial charge >= 0.3 is 0 Å². The smallest absolute Gasteiger partial charge is 0.175 e. The Morgan fingerprint density at radius 2 is 1.45 bits per heavy atom. The Hall–Kier alpha value is -0.910. The van der Waals surface area contributed by atoms with E-state index in [9.17, 15) is 8.42 Å². The first-order valence-corrected chi connectivity index (χ1v) is 9.89. The number of aryl methyl sites for hydroxylation is 1. The molecule has 0 atom stereocenters. The van der Waals surface area contributed by atoms with E-state index in [2.05, 4.69) is 12.2 Å². The van der Waals surface area contributed by atoms with Gasteiger partial charge in [0.15, 0.2) is 9.84 Å². The molecule has 0 radical (unpaired) electrons. The van der Waals surface area contributed by atoms with Crippen LogP contribution in [0.3, 0.4) is 0 Å². The van der Waals surface area contributed by atoms with E-state index in [4.69, 9.17) is 5.11 Å². The van der Waals surface area contributed by atoms with Gasteiger partial charge in [0, 0.05) is 12.8 Å². The maximum Gasteiger partial charge on any atom is 0.175 e. The minimum atomic E-state index is -3.02. The zero-order valence-corrected chi connectivity index (χ0v) is 16.1. The molecule has 0 spiro atoms. The van der Waals surface area contributed by atoms with Crippen molar-refractivity contribution in [3.05, 3.63) is 29.8 Å². The third-order valence-corrected chi connectivity index (χ3v) is 3.29. The third kappa shape index (κ3) is 17.1. The van der Waals surface area contributed by atoms with Crippen LogP contribution in [0.15, 0.2) is 29.2 Å². The number of rotatable bonds is 5. The summed E-state index contributed by atoms with van der Waals surface area (Å²) in [6.07, 6.45) is 2.34. The van der Waals surface area contributed by atoms with E-state index in [1.807, 2.05) is 34.6 Å². The molecule has 2 N–H and O–H groups in total. The molecule has 0 saturated carbocycles. The Morgan fingerprint density at radius 1 is 1.00 bits per heavy atom. The highest BCUT2D eigenvalue weighted by Crippen LogP contribution is 2.08. The number of aliphatic hydroxyl groups excluding tert-OH is 1. The van der Waals surface area contributed by atoms with Crippen LogP contribution in [0.25, 0.3) is 0 Å². The van der Waals surface area contributed by atoms with Gasteiger partial charge < -0.3 is 10.4 Å². The molecule has 0 bridgehead atoms. The van der Waals surface area contributed by atoms with Gasteiger partial charge in [-0.3, -0.25) is 0 Å². The molecule has 132 valence electrons. The minimum Gasteiger partial charge on any atom is -0.395 e. The quantitative estimate of drug-likeness (QED) is 0.810. The van der Waals surface area contributed by atoms with Gasteiger partial charge in [-0.05, 0) is 32.0 Å². The number of hydrogen-bond acceptors (Lipinski definition) is 4. The van der Waals surface area contributed by atoms with Crippen LogP contribution in [0.1, 0.15) is 46.6 Å². The number of aliphatic hydroxyl groups is 1. The Balaban J connectivity index is -0.000000285. The molecule has 0 saturated heterocycles. The van der Waals surface area contributed by atoms with Gasteiger partial charge in [0.05, 0.1) is 11.5 Å². The van der Waals surface area contributed by atoms with E-state index in [0.29, 0.717) is 4.90 Å². The van der Waals surface area contributed by atoms with E-state index in [1.165, 1.54) is 6.26 Å². The summed E-state index contributed by atoms with van der Waals surface area (Å²) >= 11 is 0. The number of benzene rings is 1. The largest absolute Gasteiger partial charge is 0.395 e. The second-order valence-electron chi connectivity index (χ2n) is 4.06. The Labute approximate surface area is 137 Å². The molecule has 1 rings (SSSR count). The van der Waals surface area contributed by atoms with Gasteiger partial charge in [0.25, 0.3) is 0 Å². The van der Waals surface area contributed by atoms with Crippen LogP contribution in [0.4, 0.5) is 0 Å². The molecule has 0 aliphatic rings. The molecule has 0 aliphatic carbocycles. The number of nitrogens with one attached hydrogen (secondary N) is 1. The summed E-state index contributed by atoms with van der Waals surface area (Å²) in [6, 6.07) is 6.81. The van der Waals surface area contributed by atoms with Gasteiger partial charge in [-0.1, -0.05) is 52.3 Å². The van der Waals surface area contributed by atoms with Crippen LogP contribution in [-0.2, 0) is 9.84 Å². The van der Waals surface area contributed by atoms with Crippen molar-refractivity contribution in [2.45, 2.75) is 52.9 Å². The lowest BCUT2D eigenvalue weighted by molar-refractivity contribution is 0.292. The highest BCUT2D eigenvalue weighted by atomic mass is 32.2. The van der Waals surface area contributed by atoms with E-state index in [-0.39, 0.29) is 6.61 Å². The highest BCUT2D eigenvalue weighted by molar-refractivity contribution is 7.90. The van der Waals surface area contributed by atoms with Gasteiger partial charge in [0.2, 0.25) is 0 Å². The second kappa shape index (κ2) is 18.1. The fraction of sp³-hybridized carbons (Fsp3) is 0.647. The maximum absolute atomic E-state index is 10.9. The molecule has 0 unspecified atom stereocenters. The number of hydrogen-bond donors (Lipinski definition) is 2. The number of sulfone groups is 1. The van der Waals surface area contributed by atoms with E-state index in [1.54, 1.807) is 24.3 Å². The van der Waals surface area contributed by atoms with Gasteiger partial charge in [-0.25, -0.2) is 8.42 Å². The lowest BCUT2D eigenvalue weighted by Crippen LogP contribution is -2.18. The Morgan fingerprint density at radius 3 is 1.77 bits per heavy atom. The first-order chi connectivity index (χ1) is 10.4. The first-order valence-electron chi connectivity index (χ1n) is 8.00. The standard InChI is InChI=1S/C8H10O2S.C5H13NO.2C2H6/c1-7-3-5-8(6-4-7)11(2,9)10;1-2-3-6-4-5-7;2*1-2/h3-6H,1-2H3;6-7H,2-5H2,1H3;2*1-2H3. The van der Waals surface area contributed by atoms with Crippen molar-refractivity contribution in [2.75, 3.05) is 26.0 Å². The fourth-order valence-corrected chi connectivity index (χ4v) is 1.80. The van der Waals surface area contributed by atoms with E-state index in [0.717, 1.165) is 25.1 Å². The molecular formula is C17H35NO3S. The molecule has 0 aromatic heterocycles. The average molecular weight is 334 g/mol. The molecule has 0 amide bonds. The Kier molecular flexibility index (Phi) is 21.4. The SMILES string of the molecule is CC.CC.CCCNCCO.Cc1ccc(S(C)(=O)=O)cc1. The average Bonchev–Trinajstić information content (AvgIpc) is 2.52. The van der Waals surface area contributed by atoms with E-state index < -0.39 is 9.84 Å². The van der Waals surface area contributed by atoms with Crippen LogP contribution >= 0.6 is 0 Å². The molecule has 1 aromatic rings. The van der Waals surface area contributed by atoms with Crippen LogP contribution < -0.4 is 5.32 Å². The molecule has 4 nitrogen and oxygen atoms in total. The monoisotopic (exact) mass is 333 g/mol. The second-order valence-corrected chi connectivity index (χ2v) is 6.07. The summed E-state index contributed by atoms with van der Waals surface area (Å²) in [6.45, 7) is 14.0. The van der Waals surface area contributed by atoms with Crippen molar-refractivity contribution in [1.29, 1.82) is 0 Å². The van der Waals surface area contributed by atoms with Crippen molar-refractivity contribution in [3.8, 4) is 0 Å². The summed E-state index contributed by atoms with van der Waals surface area (Å²) in [5.74, 6) is 0. The van der Waals surface area contributed by atoms with Crippen molar-refractivity contribution in [2.24, 2.45) is 0 Å². The molecule has 0 aliphatic heterocycles. The fourth-order valence-electron chi connectivity index (χ4n) is 1.17. The molecule has 1 aromatic carbocycles. The third-order valence-electron chi connectivity index (χ3n) is 2.16. The topological polar surface area (TPSA) is 66.4 Å². The minimum absolute atomic E-state index is 0.250. The summed E-state index contributed by atoms with van der Waals surface area (Å²) in [4.78, 5) is 0.378. The van der Waals surface area contributed by atoms with Crippen LogP contribution in [0.2, 0.25) is 0 Å². The van der Waals surface area contributed by atoms with Crippen molar-refractivity contribution < 1.29 is 13.5 Å². The summed E-state index contributed by atoms with van der Waals surface area (Å²) in [7, 11) is -3.02. The predicted molar refractivity (Wildman–Crippen MR) is 97.2 cm³/mol. The van der Waals surface area contributed by atoms with Gasteiger partial charge in [-0.15, -0.1) is 0 Å².